The summed E-state index contributed by atoms with van der Waals surface area (Å²) >= 11 is 0. The zero-order chi connectivity index (χ0) is 13.6. The van der Waals surface area contributed by atoms with Gasteiger partial charge in [0.15, 0.2) is 0 Å². The van der Waals surface area contributed by atoms with Gasteiger partial charge in [0.1, 0.15) is 0 Å². The van der Waals surface area contributed by atoms with Gasteiger partial charge in [-0.2, -0.15) is 0 Å². The molecule has 1 rings (SSSR count). The van der Waals surface area contributed by atoms with E-state index < -0.39 is 0 Å². The van der Waals surface area contributed by atoms with Gasteiger partial charge in [-0.05, 0) is 25.2 Å². The van der Waals surface area contributed by atoms with Crippen LogP contribution < -0.4 is 0 Å². The molecule has 0 heterocycles. The number of ether oxygens (including phenoxy) is 1. The van der Waals surface area contributed by atoms with Crippen molar-refractivity contribution in [2.75, 3.05) is 13.7 Å². The number of rotatable bonds is 6. The Morgan fingerprint density at radius 3 is 2.50 bits per heavy atom. The molecule has 1 unspecified atom stereocenters. The van der Waals surface area contributed by atoms with Crippen LogP contribution >= 0.6 is 0 Å². The SMILES string of the molecule is COC(/C=C/C1(C)C=CCC=C1)C(C)(C)CCO. The Hall–Kier alpha value is -0.860. The molecule has 1 aliphatic rings. The van der Waals surface area contributed by atoms with Crippen LogP contribution in [0.3, 0.4) is 0 Å². The number of aliphatic hydroxyl groups excluding tert-OH is 1. The highest BCUT2D eigenvalue weighted by Gasteiger charge is 2.27. The van der Waals surface area contributed by atoms with E-state index in [1.807, 2.05) is 0 Å². The lowest BCUT2D eigenvalue weighted by molar-refractivity contribution is 0.0269. The van der Waals surface area contributed by atoms with Crippen LogP contribution in [-0.2, 0) is 4.74 Å². The van der Waals surface area contributed by atoms with Crippen molar-refractivity contribution in [3.63, 3.8) is 0 Å². The van der Waals surface area contributed by atoms with Crippen molar-refractivity contribution in [3.05, 3.63) is 36.5 Å². The quantitative estimate of drug-likeness (QED) is 0.731. The molecule has 18 heavy (non-hydrogen) atoms. The summed E-state index contributed by atoms with van der Waals surface area (Å²) in [4.78, 5) is 0. The summed E-state index contributed by atoms with van der Waals surface area (Å²) in [5, 5.41) is 9.11. The van der Waals surface area contributed by atoms with E-state index in [1.54, 1.807) is 7.11 Å². The van der Waals surface area contributed by atoms with Crippen molar-refractivity contribution in [1.29, 1.82) is 0 Å². The highest BCUT2D eigenvalue weighted by Crippen LogP contribution is 2.31. The standard InChI is InChI=1S/C16H26O2/c1-15(2,12-13-17)14(18-4)8-11-16(3)9-6-5-7-10-16/h6-11,14,17H,5,12-13H2,1-4H3/b11-8+. The monoisotopic (exact) mass is 250 g/mol. The number of allylic oxidation sites excluding steroid dienone is 5. The van der Waals surface area contributed by atoms with Crippen LogP contribution in [0.1, 0.15) is 33.6 Å². The zero-order valence-electron chi connectivity index (χ0n) is 12.0. The molecule has 0 spiro atoms. The molecule has 0 aromatic carbocycles. The molecule has 0 aliphatic heterocycles. The Morgan fingerprint density at radius 1 is 1.39 bits per heavy atom. The minimum Gasteiger partial charge on any atom is -0.396 e. The summed E-state index contributed by atoms with van der Waals surface area (Å²) in [7, 11) is 1.73. The van der Waals surface area contributed by atoms with Crippen molar-refractivity contribution >= 4 is 0 Å². The Labute approximate surface area is 111 Å². The molecule has 0 fully saturated rings. The molecule has 1 aliphatic carbocycles. The van der Waals surface area contributed by atoms with Crippen LogP contribution in [0, 0.1) is 10.8 Å². The summed E-state index contributed by atoms with van der Waals surface area (Å²) in [5.41, 5.74) is -0.0667. The number of aliphatic hydroxyl groups is 1. The third-order valence-corrected chi connectivity index (χ3v) is 3.64. The molecule has 2 heteroatoms. The first-order valence-corrected chi connectivity index (χ1v) is 6.62. The molecule has 2 nitrogen and oxygen atoms in total. The molecule has 0 bridgehead atoms. The Kier molecular flexibility index (Phi) is 5.36. The predicted octanol–water partition coefficient (Wildman–Crippen LogP) is 3.49. The maximum atomic E-state index is 9.11. The molecule has 1 atom stereocenters. The van der Waals surface area contributed by atoms with Crippen LogP contribution in [0.2, 0.25) is 0 Å². The van der Waals surface area contributed by atoms with E-state index in [9.17, 15) is 0 Å². The van der Waals surface area contributed by atoms with Gasteiger partial charge in [-0.1, -0.05) is 50.3 Å². The number of methoxy groups -OCH3 is 1. The molecule has 102 valence electrons. The second-order valence-corrected chi connectivity index (χ2v) is 5.88. The van der Waals surface area contributed by atoms with E-state index >= 15 is 0 Å². The van der Waals surface area contributed by atoms with Gasteiger partial charge in [-0.3, -0.25) is 0 Å². The maximum absolute atomic E-state index is 9.11. The lowest BCUT2D eigenvalue weighted by Gasteiger charge is -2.31. The smallest absolute Gasteiger partial charge is 0.0804 e. The summed E-state index contributed by atoms with van der Waals surface area (Å²) in [6.07, 6.45) is 14.9. The molecule has 0 aromatic rings. The van der Waals surface area contributed by atoms with Gasteiger partial charge in [0.05, 0.1) is 6.10 Å². The number of hydrogen-bond acceptors (Lipinski definition) is 2. The average molecular weight is 250 g/mol. The molecule has 0 amide bonds. The largest absolute Gasteiger partial charge is 0.396 e. The maximum Gasteiger partial charge on any atom is 0.0804 e. The fraction of sp³-hybridized carbons (Fsp3) is 0.625. The van der Waals surface area contributed by atoms with Gasteiger partial charge in [0.2, 0.25) is 0 Å². The van der Waals surface area contributed by atoms with E-state index in [0.717, 1.165) is 12.8 Å². The minimum atomic E-state index is -0.0571. The van der Waals surface area contributed by atoms with Crippen molar-refractivity contribution < 1.29 is 9.84 Å². The summed E-state index contributed by atoms with van der Waals surface area (Å²) < 4.78 is 5.56. The summed E-state index contributed by atoms with van der Waals surface area (Å²) in [6.45, 7) is 6.62. The van der Waals surface area contributed by atoms with Crippen molar-refractivity contribution in [2.45, 2.75) is 39.7 Å². The highest BCUT2D eigenvalue weighted by atomic mass is 16.5. The van der Waals surface area contributed by atoms with Crippen LogP contribution in [0.25, 0.3) is 0 Å². The van der Waals surface area contributed by atoms with Gasteiger partial charge in [-0.25, -0.2) is 0 Å². The fourth-order valence-electron chi connectivity index (χ4n) is 2.27. The van der Waals surface area contributed by atoms with Crippen molar-refractivity contribution in [1.82, 2.24) is 0 Å². The molecule has 0 saturated heterocycles. The molecule has 0 radical (unpaired) electrons. The molecular formula is C16H26O2. The van der Waals surface area contributed by atoms with E-state index in [2.05, 4.69) is 57.2 Å². The van der Waals surface area contributed by atoms with Gasteiger partial charge in [0.25, 0.3) is 0 Å². The average Bonchev–Trinajstić information content (AvgIpc) is 2.30. The van der Waals surface area contributed by atoms with Gasteiger partial charge >= 0.3 is 0 Å². The molecule has 0 saturated carbocycles. The van der Waals surface area contributed by atoms with Crippen LogP contribution in [0.5, 0.6) is 0 Å². The second kappa shape index (κ2) is 6.35. The van der Waals surface area contributed by atoms with Crippen LogP contribution in [-0.4, -0.2) is 24.9 Å². The number of hydrogen-bond donors (Lipinski definition) is 1. The molecular weight excluding hydrogens is 224 g/mol. The Balaban J connectivity index is 2.76. The lowest BCUT2D eigenvalue weighted by Crippen LogP contribution is -2.30. The molecule has 1 N–H and O–H groups in total. The van der Waals surface area contributed by atoms with E-state index in [0.29, 0.717) is 0 Å². The third kappa shape index (κ3) is 4.11. The van der Waals surface area contributed by atoms with Gasteiger partial charge in [-0.15, -0.1) is 0 Å². The first-order chi connectivity index (χ1) is 8.43. The summed E-state index contributed by atoms with van der Waals surface area (Å²) in [5.74, 6) is 0. The fourth-order valence-corrected chi connectivity index (χ4v) is 2.27. The zero-order valence-corrected chi connectivity index (χ0v) is 12.0. The first kappa shape index (κ1) is 15.2. The topological polar surface area (TPSA) is 29.5 Å². The van der Waals surface area contributed by atoms with E-state index in [-0.39, 0.29) is 23.5 Å². The summed E-state index contributed by atoms with van der Waals surface area (Å²) in [6, 6.07) is 0. The van der Waals surface area contributed by atoms with Crippen molar-refractivity contribution in [3.8, 4) is 0 Å². The highest BCUT2D eigenvalue weighted by molar-refractivity contribution is 5.24. The van der Waals surface area contributed by atoms with Gasteiger partial charge in [0, 0.05) is 19.1 Å². The second-order valence-electron chi connectivity index (χ2n) is 5.88. The van der Waals surface area contributed by atoms with Gasteiger partial charge < -0.3 is 9.84 Å². The first-order valence-electron chi connectivity index (χ1n) is 6.62. The van der Waals surface area contributed by atoms with Crippen molar-refractivity contribution in [2.24, 2.45) is 10.8 Å². The third-order valence-electron chi connectivity index (χ3n) is 3.64. The Morgan fingerprint density at radius 2 is 2.00 bits per heavy atom. The normalized spacial score (nSPS) is 20.5. The van der Waals surface area contributed by atoms with E-state index in [1.165, 1.54) is 0 Å². The van der Waals surface area contributed by atoms with Crippen LogP contribution in [0.4, 0.5) is 0 Å². The van der Waals surface area contributed by atoms with Crippen LogP contribution in [0.15, 0.2) is 36.5 Å². The molecule has 0 aromatic heterocycles. The predicted molar refractivity (Wildman–Crippen MR) is 76.4 cm³/mol. The Bertz CT molecular complexity index is 325. The van der Waals surface area contributed by atoms with E-state index in [4.69, 9.17) is 9.84 Å². The lowest BCUT2D eigenvalue weighted by atomic mass is 9.80. The minimum absolute atomic E-state index is 0.00960.